The first-order valence-electron chi connectivity index (χ1n) is 11.5. The minimum atomic E-state index is -0.367. The molecule has 0 aliphatic carbocycles. The maximum Gasteiger partial charge on any atom is 0.409 e. The van der Waals surface area contributed by atoms with Gasteiger partial charge in [-0.05, 0) is 24.6 Å². The van der Waals surface area contributed by atoms with E-state index >= 15 is 0 Å². The molecule has 2 N–H and O–H groups in total. The molecule has 10 heteroatoms. The summed E-state index contributed by atoms with van der Waals surface area (Å²) in [5, 5.41) is 5.26. The van der Waals surface area contributed by atoms with Crippen LogP contribution in [0, 0.1) is 5.82 Å². The van der Waals surface area contributed by atoms with Crippen LogP contribution in [-0.2, 0) is 11.3 Å². The Labute approximate surface area is 201 Å². The number of nitrogen functional groups attached to an aromatic ring is 1. The molecule has 2 aromatic heterocycles. The number of fused-ring (bicyclic) bond motifs is 1. The number of hydrogen-bond acceptors (Lipinski definition) is 7. The number of rotatable bonds is 5. The first kappa shape index (κ1) is 22.6. The fourth-order valence-corrected chi connectivity index (χ4v) is 4.21. The number of benzene rings is 2. The van der Waals surface area contributed by atoms with Gasteiger partial charge in [0.1, 0.15) is 11.6 Å². The summed E-state index contributed by atoms with van der Waals surface area (Å²) in [6, 6.07) is 16.1. The highest BCUT2D eigenvalue weighted by Crippen LogP contribution is 2.33. The SMILES string of the molecule is CCOC(=O)N1CCN(c2nc(-c3cccc(F)c3)c3c(N)n(Cc4ccccc4)nc3n2)CC1. The minimum Gasteiger partial charge on any atom is -0.450 e. The Balaban J connectivity index is 1.54. The van der Waals surface area contributed by atoms with E-state index in [1.54, 1.807) is 28.6 Å². The van der Waals surface area contributed by atoms with Gasteiger partial charge in [-0.1, -0.05) is 42.5 Å². The molecule has 2 aromatic carbocycles. The van der Waals surface area contributed by atoms with Crippen LogP contribution in [0.1, 0.15) is 12.5 Å². The number of anilines is 2. The molecule has 1 aliphatic heterocycles. The number of nitrogens with zero attached hydrogens (tertiary/aromatic N) is 6. The predicted molar refractivity (Wildman–Crippen MR) is 131 cm³/mol. The van der Waals surface area contributed by atoms with Crippen molar-refractivity contribution in [3.8, 4) is 11.3 Å². The number of hydrogen-bond donors (Lipinski definition) is 1. The van der Waals surface area contributed by atoms with Gasteiger partial charge in [0.25, 0.3) is 0 Å². The maximum absolute atomic E-state index is 14.1. The summed E-state index contributed by atoms with van der Waals surface area (Å²) in [5.74, 6) is 0.514. The van der Waals surface area contributed by atoms with E-state index in [-0.39, 0.29) is 11.9 Å². The summed E-state index contributed by atoms with van der Waals surface area (Å²) in [6.07, 6.45) is -0.323. The zero-order valence-corrected chi connectivity index (χ0v) is 19.4. The van der Waals surface area contributed by atoms with Gasteiger partial charge in [-0.3, -0.25) is 0 Å². The highest BCUT2D eigenvalue weighted by molar-refractivity contribution is 5.99. The van der Waals surface area contributed by atoms with Crippen LogP contribution in [0.25, 0.3) is 22.3 Å². The van der Waals surface area contributed by atoms with E-state index < -0.39 is 0 Å². The van der Waals surface area contributed by atoms with E-state index in [1.807, 2.05) is 35.2 Å². The summed E-state index contributed by atoms with van der Waals surface area (Å²) in [7, 11) is 0. The van der Waals surface area contributed by atoms with E-state index in [0.29, 0.717) is 73.4 Å². The second-order valence-corrected chi connectivity index (χ2v) is 8.28. The van der Waals surface area contributed by atoms with Crippen LogP contribution < -0.4 is 10.6 Å². The number of piperazine rings is 1. The van der Waals surface area contributed by atoms with Crippen molar-refractivity contribution >= 4 is 28.9 Å². The van der Waals surface area contributed by atoms with Crippen molar-refractivity contribution < 1.29 is 13.9 Å². The van der Waals surface area contributed by atoms with Crippen molar-refractivity contribution in [3.63, 3.8) is 0 Å². The maximum atomic E-state index is 14.1. The third-order valence-corrected chi connectivity index (χ3v) is 5.99. The Hall–Kier alpha value is -4.21. The lowest BCUT2D eigenvalue weighted by molar-refractivity contribution is 0.105. The molecule has 0 spiro atoms. The van der Waals surface area contributed by atoms with Crippen molar-refractivity contribution in [1.82, 2.24) is 24.6 Å². The van der Waals surface area contributed by atoms with Gasteiger partial charge in [0, 0.05) is 31.7 Å². The Kier molecular flexibility index (Phi) is 6.17. The van der Waals surface area contributed by atoms with Crippen LogP contribution in [0.5, 0.6) is 0 Å². The van der Waals surface area contributed by atoms with Crippen molar-refractivity contribution in [3.05, 3.63) is 66.0 Å². The molecule has 4 aromatic rings. The predicted octanol–water partition coefficient (Wildman–Crippen LogP) is 3.54. The van der Waals surface area contributed by atoms with Crippen LogP contribution in [0.4, 0.5) is 21.0 Å². The first-order valence-corrected chi connectivity index (χ1v) is 11.5. The highest BCUT2D eigenvalue weighted by Gasteiger charge is 2.26. The second-order valence-electron chi connectivity index (χ2n) is 8.28. The van der Waals surface area contributed by atoms with E-state index in [9.17, 15) is 9.18 Å². The summed E-state index contributed by atoms with van der Waals surface area (Å²) in [4.78, 5) is 25.2. The number of nitrogens with two attached hydrogens (primary N) is 1. The lowest BCUT2D eigenvalue weighted by Gasteiger charge is -2.34. The molecule has 180 valence electrons. The molecule has 0 atom stereocenters. The minimum absolute atomic E-state index is 0.323. The smallest absolute Gasteiger partial charge is 0.409 e. The summed E-state index contributed by atoms with van der Waals surface area (Å²) in [5.41, 5.74) is 9.13. The molecule has 1 fully saturated rings. The Morgan fingerprint density at radius 2 is 1.83 bits per heavy atom. The highest BCUT2D eigenvalue weighted by atomic mass is 19.1. The standard InChI is InChI=1S/C25H26FN7O2/c1-2-35-25(34)32-13-11-31(12-14-32)24-28-21(18-9-6-10-19(26)15-18)20-22(27)33(30-23(20)29-24)16-17-7-4-3-5-8-17/h3-10,15H,2,11-14,16,27H2,1H3. The third kappa shape index (κ3) is 4.59. The Morgan fingerprint density at radius 3 is 2.54 bits per heavy atom. The quantitative estimate of drug-likeness (QED) is 0.471. The van der Waals surface area contributed by atoms with Crippen LogP contribution in [-0.4, -0.2) is 63.5 Å². The normalized spacial score (nSPS) is 13.9. The molecule has 1 saturated heterocycles. The average Bonchev–Trinajstić information content (AvgIpc) is 3.19. The van der Waals surface area contributed by atoms with Crippen molar-refractivity contribution in [1.29, 1.82) is 0 Å². The molecule has 5 rings (SSSR count). The number of carbonyl (C=O) groups excluding carboxylic acids is 1. The number of carbonyl (C=O) groups is 1. The summed E-state index contributed by atoms with van der Waals surface area (Å²) >= 11 is 0. The van der Waals surface area contributed by atoms with Gasteiger partial charge < -0.3 is 20.3 Å². The third-order valence-electron chi connectivity index (χ3n) is 5.99. The molecular weight excluding hydrogens is 449 g/mol. The lowest BCUT2D eigenvalue weighted by Crippen LogP contribution is -2.49. The fraction of sp³-hybridized carbons (Fsp3) is 0.280. The van der Waals surface area contributed by atoms with Crippen molar-refractivity contribution in [2.75, 3.05) is 43.4 Å². The average molecular weight is 476 g/mol. The van der Waals surface area contributed by atoms with Gasteiger partial charge in [-0.2, -0.15) is 4.98 Å². The first-order chi connectivity index (χ1) is 17.0. The van der Waals surface area contributed by atoms with Gasteiger partial charge in [-0.25, -0.2) is 18.9 Å². The van der Waals surface area contributed by atoms with Gasteiger partial charge in [0.15, 0.2) is 5.65 Å². The van der Waals surface area contributed by atoms with E-state index in [2.05, 4.69) is 5.10 Å². The molecule has 0 saturated carbocycles. The van der Waals surface area contributed by atoms with Gasteiger partial charge in [-0.15, -0.1) is 5.10 Å². The molecule has 3 heterocycles. The van der Waals surface area contributed by atoms with Crippen molar-refractivity contribution in [2.45, 2.75) is 13.5 Å². The molecule has 0 radical (unpaired) electrons. The van der Waals surface area contributed by atoms with Crippen LogP contribution >= 0.6 is 0 Å². The summed E-state index contributed by atoms with van der Waals surface area (Å²) in [6.45, 7) is 4.64. The largest absolute Gasteiger partial charge is 0.450 e. The van der Waals surface area contributed by atoms with E-state index in [4.69, 9.17) is 20.4 Å². The number of halogens is 1. The van der Waals surface area contributed by atoms with Crippen LogP contribution in [0.2, 0.25) is 0 Å². The molecule has 1 aliphatic rings. The van der Waals surface area contributed by atoms with Gasteiger partial charge >= 0.3 is 6.09 Å². The van der Waals surface area contributed by atoms with Gasteiger partial charge in [0.2, 0.25) is 5.95 Å². The molecular formula is C25H26FN7O2. The molecule has 9 nitrogen and oxygen atoms in total. The topological polar surface area (TPSA) is 102 Å². The molecule has 1 amide bonds. The van der Waals surface area contributed by atoms with E-state index in [0.717, 1.165) is 5.56 Å². The van der Waals surface area contributed by atoms with Crippen LogP contribution in [0.15, 0.2) is 54.6 Å². The zero-order valence-electron chi connectivity index (χ0n) is 19.4. The number of aromatic nitrogens is 4. The van der Waals surface area contributed by atoms with Gasteiger partial charge in [0.05, 0.1) is 24.2 Å². The summed E-state index contributed by atoms with van der Waals surface area (Å²) < 4.78 is 20.9. The van der Waals surface area contributed by atoms with Crippen molar-refractivity contribution in [2.24, 2.45) is 0 Å². The molecule has 0 unspecified atom stereocenters. The molecule has 35 heavy (non-hydrogen) atoms. The Bertz CT molecular complexity index is 1350. The van der Waals surface area contributed by atoms with E-state index in [1.165, 1.54) is 12.1 Å². The monoisotopic (exact) mass is 475 g/mol. The Morgan fingerprint density at radius 1 is 1.06 bits per heavy atom. The number of amides is 1. The second kappa shape index (κ2) is 9.57. The fourth-order valence-electron chi connectivity index (χ4n) is 4.21. The van der Waals surface area contributed by atoms with Crippen LogP contribution in [0.3, 0.4) is 0 Å². The number of ether oxygens (including phenoxy) is 1. The molecule has 0 bridgehead atoms. The zero-order chi connectivity index (χ0) is 24.4. The lowest BCUT2D eigenvalue weighted by atomic mass is 10.1.